The van der Waals surface area contributed by atoms with E-state index in [1.165, 1.54) is 24.3 Å². The highest BCUT2D eigenvalue weighted by Crippen LogP contribution is 2.24. The van der Waals surface area contributed by atoms with E-state index in [1.807, 2.05) is 0 Å². The molecule has 0 saturated carbocycles. The summed E-state index contributed by atoms with van der Waals surface area (Å²) in [4.78, 5) is 0. The van der Waals surface area contributed by atoms with Gasteiger partial charge in [0.25, 0.3) is 0 Å². The van der Waals surface area contributed by atoms with Crippen molar-refractivity contribution in [3.63, 3.8) is 0 Å². The monoisotopic (exact) mass is 292 g/mol. The van der Waals surface area contributed by atoms with Crippen LogP contribution in [0.25, 0.3) is 0 Å². The molecule has 2 aromatic rings. The average Bonchev–Trinajstić information content (AvgIpc) is 2.42. The van der Waals surface area contributed by atoms with Crippen LogP contribution in [0.3, 0.4) is 0 Å². The molecule has 0 heterocycles. The molecule has 2 rings (SSSR count). The minimum absolute atomic E-state index is 0.0855. The van der Waals surface area contributed by atoms with Crippen molar-refractivity contribution in [3.8, 4) is 0 Å². The number of nitrogens with two attached hydrogens (primary N) is 1. The van der Waals surface area contributed by atoms with Crippen LogP contribution in [0.4, 0.5) is 8.78 Å². The topological polar surface area (TPSA) is 38.0 Å². The van der Waals surface area contributed by atoms with E-state index in [4.69, 9.17) is 18.0 Å². The second-order valence-corrected chi connectivity index (χ2v) is 4.84. The van der Waals surface area contributed by atoms with Gasteiger partial charge in [-0.1, -0.05) is 24.3 Å². The predicted molar refractivity (Wildman–Crippen MR) is 79.4 cm³/mol. The fourth-order valence-corrected chi connectivity index (χ4v) is 2.10. The van der Waals surface area contributed by atoms with Gasteiger partial charge in [-0.2, -0.15) is 0 Å². The van der Waals surface area contributed by atoms with Gasteiger partial charge in [0.2, 0.25) is 0 Å². The van der Waals surface area contributed by atoms with E-state index in [0.29, 0.717) is 6.54 Å². The molecule has 0 aromatic heterocycles. The lowest BCUT2D eigenvalue weighted by molar-refractivity contribution is 0.624. The summed E-state index contributed by atoms with van der Waals surface area (Å²) < 4.78 is 26.0. The third-order valence-corrected chi connectivity index (χ3v) is 3.17. The molecule has 0 radical (unpaired) electrons. The van der Waals surface area contributed by atoms with Crippen molar-refractivity contribution in [1.29, 1.82) is 0 Å². The van der Waals surface area contributed by atoms with Crippen LogP contribution in [-0.4, -0.2) is 11.7 Å². The zero-order valence-electron chi connectivity index (χ0n) is 10.6. The second kappa shape index (κ2) is 6.43. The van der Waals surface area contributed by atoms with Crippen molar-refractivity contribution in [2.24, 2.45) is 5.73 Å². The average molecular weight is 292 g/mol. The van der Waals surface area contributed by atoms with E-state index in [2.05, 4.69) is 5.32 Å². The molecular weight excluding hydrogens is 278 g/mol. The molecule has 2 nitrogen and oxygen atoms in total. The standard InChI is InChI=1S/C15H14F2N2S/c16-12-5-1-10(2-6-12)14(9-19-15(18)20)11-3-7-13(17)8-4-11/h1-8,14H,9H2,(H3,18,19,20). The first-order chi connectivity index (χ1) is 9.56. The Morgan fingerprint density at radius 1 is 0.950 bits per heavy atom. The zero-order chi connectivity index (χ0) is 14.5. The summed E-state index contributed by atoms with van der Waals surface area (Å²) in [6, 6.07) is 12.4. The molecule has 104 valence electrons. The normalized spacial score (nSPS) is 10.6. The van der Waals surface area contributed by atoms with Gasteiger partial charge in [0.05, 0.1) is 0 Å². The Hall–Kier alpha value is -2.01. The van der Waals surface area contributed by atoms with E-state index in [-0.39, 0.29) is 22.7 Å². The van der Waals surface area contributed by atoms with Crippen molar-refractivity contribution >= 4 is 17.3 Å². The first-order valence-electron chi connectivity index (χ1n) is 6.10. The highest BCUT2D eigenvalue weighted by molar-refractivity contribution is 7.80. The van der Waals surface area contributed by atoms with E-state index in [9.17, 15) is 8.78 Å². The molecule has 0 atom stereocenters. The van der Waals surface area contributed by atoms with E-state index < -0.39 is 0 Å². The van der Waals surface area contributed by atoms with Crippen LogP contribution >= 0.6 is 12.2 Å². The van der Waals surface area contributed by atoms with Crippen LogP contribution in [0.1, 0.15) is 17.0 Å². The molecule has 20 heavy (non-hydrogen) atoms. The van der Waals surface area contributed by atoms with Crippen LogP contribution in [0.15, 0.2) is 48.5 Å². The Kier molecular flexibility index (Phi) is 4.63. The van der Waals surface area contributed by atoms with Crippen LogP contribution in [0, 0.1) is 11.6 Å². The fraction of sp³-hybridized carbons (Fsp3) is 0.133. The van der Waals surface area contributed by atoms with Crippen LogP contribution < -0.4 is 11.1 Å². The highest BCUT2D eigenvalue weighted by Gasteiger charge is 2.14. The van der Waals surface area contributed by atoms with Crippen LogP contribution in [0.5, 0.6) is 0 Å². The number of nitrogens with one attached hydrogen (secondary N) is 1. The molecule has 0 aliphatic heterocycles. The Morgan fingerprint density at radius 2 is 1.35 bits per heavy atom. The molecule has 2 aromatic carbocycles. The molecule has 3 N–H and O–H groups in total. The zero-order valence-corrected chi connectivity index (χ0v) is 11.5. The lowest BCUT2D eigenvalue weighted by Crippen LogP contribution is -2.33. The van der Waals surface area contributed by atoms with Crippen LogP contribution in [0.2, 0.25) is 0 Å². The summed E-state index contributed by atoms with van der Waals surface area (Å²) in [7, 11) is 0. The van der Waals surface area contributed by atoms with Crippen molar-refractivity contribution < 1.29 is 8.78 Å². The molecule has 0 unspecified atom stereocenters. The quantitative estimate of drug-likeness (QED) is 0.851. The Morgan fingerprint density at radius 3 is 1.70 bits per heavy atom. The highest BCUT2D eigenvalue weighted by atomic mass is 32.1. The maximum absolute atomic E-state index is 13.0. The Labute approximate surface area is 121 Å². The molecule has 0 fully saturated rings. The lowest BCUT2D eigenvalue weighted by atomic mass is 9.91. The maximum atomic E-state index is 13.0. The van der Waals surface area contributed by atoms with Gasteiger partial charge in [-0.15, -0.1) is 0 Å². The van der Waals surface area contributed by atoms with Gasteiger partial charge in [-0.25, -0.2) is 8.78 Å². The van der Waals surface area contributed by atoms with Gasteiger partial charge in [0.15, 0.2) is 5.11 Å². The minimum atomic E-state index is -0.297. The third kappa shape index (κ3) is 3.74. The molecule has 0 aliphatic rings. The first-order valence-corrected chi connectivity index (χ1v) is 6.51. The molecule has 5 heteroatoms. The summed E-state index contributed by atoms with van der Waals surface area (Å²) in [6.07, 6.45) is 0. The Balaban J connectivity index is 2.30. The SMILES string of the molecule is NC(=S)NCC(c1ccc(F)cc1)c1ccc(F)cc1. The summed E-state index contributed by atoms with van der Waals surface area (Å²) >= 11 is 4.80. The van der Waals surface area contributed by atoms with E-state index >= 15 is 0 Å². The summed E-state index contributed by atoms with van der Waals surface area (Å²) in [5.41, 5.74) is 7.25. The van der Waals surface area contributed by atoms with Gasteiger partial charge in [-0.3, -0.25) is 0 Å². The number of benzene rings is 2. The van der Waals surface area contributed by atoms with Gasteiger partial charge in [0.1, 0.15) is 11.6 Å². The number of hydrogen-bond donors (Lipinski definition) is 2. The lowest BCUT2D eigenvalue weighted by Gasteiger charge is -2.19. The second-order valence-electron chi connectivity index (χ2n) is 4.40. The Bertz CT molecular complexity index is 536. The van der Waals surface area contributed by atoms with Crippen LogP contribution in [-0.2, 0) is 0 Å². The molecule has 0 amide bonds. The summed E-state index contributed by atoms with van der Waals surface area (Å²) in [5.74, 6) is -0.680. The maximum Gasteiger partial charge on any atom is 0.163 e. The minimum Gasteiger partial charge on any atom is -0.376 e. The fourth-order valence-electron chi connectivity index (χ4n) is 2.02. The predicted octanol–water partition coefficient (Wildman–Crippen LogP) is 2.93. The van der Waals surface area contributed by atoms with Crippen molar-refractivity contribution in [2.75, 3.05) is 6.54 Å². The molecular formula is C15H14F2N2S. The van der Waals surface area contributed by atoms with E-state index in [1.54, 1.807) is 24.3 Å². The summed E-state index contributed by atoms with van der Waals surface area (Å²) in [5, 5.41) is 3.09. The summed E-state index contributed by atoms with van der Waals surface area (Å²) in [6.45, 7) is 0.465. The van der Waals surface area contributed by atoms with Crippen molar-refractivity contribution in [1.82, 2.24) is 5.32 Å². The molecule has 0 spiro atoms. The van der Waals surface area contributed by atoms with Gasteiger partial charge in [-0.05, 0) is 47.6 Å². The van der Waals surface area contributed by atoms with Crippen molar-refractivity contribution in [3.05, 3.63) is 71.3 Å². The first kappa shape index (κ1) is 14.4. The number of halogens is 2. The molecule has 0 bridgehead atoms. The largest absolute Gasteiger partial charge is 0.376 e. The smallest absolute Gasteiger partial charge is 0.163 e. The molecule has 0 saturated heterocycles. The number of thiocarbonyl (C=S) groups is 1. The third-order valence-electron chi connectivity index (χ3n) is 3.03. The molecule has 0 aliphatic carbocycles. The van der Waals surface area contributed by atoms with Gasteiger partial charge < -0.3 is 11.1 Å². The number of rotatable bonds is 4. The van der Waals surface area contributed by atoms with Gasteiger partial charge in [0, 0.05) is 12.5 Å². The van der Waals surface area contributed by atoms with E-state index in [0.717, 1.165) is 11.1 Å². The number of hydrogen-bond acceptors (Lipinski definition) is 1. The van der Waals surface area contributed by atoms with Crippen molar-refractivity contribution in [2.45, 2.75) is 5.92 Å². The van der Waals surface area contributed by atoms with Gasteiger partial charge >= 0.3 is 0 Å².